The van der Waals surface area contributed by atoms with Crippen molar-refractivity contribution in [1.29, 1.82) is 0 Å². The van der Waals surface area contributed by atoms with E-state index < -0.39 is 6.61 Å². The molecule has 0 bridgehead atoms. The lowest BCUT2D eigenvalue weighted by molar-refractivity contribution is -0.0498. The fraction of sp³-hybridized carbons (Fsp3) is 0.600. The van der Waals surface area contributed by atoms with Crippen LogP contribution in [0.15, 0.2) is 24.3 Å². The molecule has 1 heterocycles. The first-order chi connectivity index (χ1) is 9.27. The molecule has 1 fully saturated rings. The zero-order valence-corrected chi connectivity index (χ0v) is 12.1. The van der Waals surface area contributed by atoms with Crippen molar-refractivity contribution in [2.75, 3.05) is 13.1 Å². The number of alkyl halides is 2. The molecule has 112 valence electrons. The lowest BCUT2D eigenvalue weighted by Crippen LogP contribution is -2.58. The molecule has 0 spiro atoms. The first kappa shape index (κ1) is 15.2. The van der Waals surface area contributed by atoms with Crippen molar-refractivity contribution in [1.82, 2.24) is 4.90 Å². The third kappa shape index (κ3) is 3.46. The summed E-state index contributed by atoms with van der Waals surface area (Å²) < 4.78 is 28.5. The second-order valence-corrected chi connectivity index (χ2v) is 6.31. The highest BCUT2D eigenvalue weighted by molar-refractivity contribution is 5.29. The molecule has 1 aliphatic rings. The Morgan fingerprint density at radius 1 is 1.20 bits per heavy atom. The van der Waals surface area contributed by atoms with Gasteiger partial charge in [0.05, 0.1) is 0 Å². The van der Waals surface area contributed by atoms with E-state index in [0.29, 0.717) is 5.92 Å². The number of benzene rings is 1. The molecule has 1 aliphatic heterocycles. The van der Waals surface area contributed by atoms with Gasteiger partial charge in [0.25, 0.3) is 0 Å². The summed E-state index contributed by atoms with van der Waals surface area (Å²) in [6.07, 6.45) is 0. The number of nitrogens with zero attached hydrogens (tertiary/aromatic N) is 1. The summed E-state index contributed by atoms with van der Waals surface area (Å²) in [6.45, 7) is 5.71. The quantitative estimate of drug-likeness (QED) is 0.923. The molecule has 3 nitrogen and oxygen atoms in total. The van der Waals surface area contributed by atoms with Crippen LogP contribution in [0, 0.1) is 5.92 Å². The van der Waals surface area contributed by atoms with Crippen molar-refractivity contribution in [3.63, 3.8) is 0 Å². The highest BCUT2D eigenvalue weighted by Crippen LogP contribution is 2.33. The molecule has 2 rings (SSSR count). The van der Waals surface area contributed by atoms with Gasteiger partial charge in [-0.3, -0.25) is 4.90 Å². The summed E-state index contributed by atoms with van der Waals surface area (Å²) in [5.41, 5.74) is 7.38. The van der Waals surface area contributed by atoms with Gasteiger partial charge in [-0.05, 0) is 38.5 Å². The monoisotopic (exact) mass is 284 g/mol. The Bertz CT molecular complexity index is 436. The van der Waals surface area contributed by atoms with E-state index in [0.717, 1.165) is 18.7 Å². The van der Waals surface area contributed by atoms with Gasteiger partial charge in [-0.25, -0.2) is 0 Å². The highest BCUT2D eigenvalue weighted by Gasteiger charge is 2.37. The molecular formula is C15H22F2N2O. The second kappa shape index (κ2) is 5.66. The molecule has 1 aromatic carbocycles. The van der Waals surface area contributed by atoms with E-state index in [1.807, 2.05) is 0 Å². The van der Waals surface area contributed by atoms with Crippen molar-refractivity contribution < 1.29 is 13.5 Å². The summed E-state index contributed by atoms with van der Waals surface area (Å²) in [6, 6.07) is 6.56. The van der Waals surface area contributed by atoms with Crippen LogP contribution in [-0.4, -0.2) is 30.1 Å². The molecule has 1 aromatic rings. The Balaban J connectivity index is 1.92. The molecule has 1 saturated heterocycles. The molecule has 5 heteroatoms. The summed E-state index contributed by atoms with van der Waals surface area (Å²) in [5.74, 6) is 0.581. The Hall–Kier alpha value is -1.20. The number of rotatable bonds is 4. The summed E-state index contributed by atoms with van der Waals surface area (Å²) in [4.78, 5) is 2.38. The Kier molecular flexibility index (Phi) is 4.30. The van der Waals surface area contributed by atoms with Gasteiger partial charge in [0.2, 0.25) is 0 Å². The number of hydrogen-bond donors (Lipinski definition) is 1. The Morgan fingerprint density at radius 2 is 1.75 bits per heavy atom. The Morgan fingerprint density at radius 3 is 2.20 bits per heavy atom. The van der Waals surface area contributed by atoms with Crippen LogP contribution in [0.5, 0.6) is 5.75 Å². The van der Waals surface area contributed by atoms with Gasteiger partial charge >= 0.3 is 6.61 Å². The van der Waals surface area contributed by atoms with Crippen molar-refractivity contribution >= 4 is 0 Å². The predicted octanol–water partition coefficient (Wildman–Crippen LogP) is 3.02. The van der Waals surface area contributed by atoms with Crippen LogP contribution in [0.2, 0.25) is 0 Å². The maximum atomic E-state index is 12.1. The van der Waals surface area contributed by atoms with Crippen molar-refractivity contribution in [2.45, 2.75) is 39.0 Å². The fourth-order valence-corrected chi connectivity index (χ4v) is 2.43. The smallest absolute Gasteiger partial charge is 0.387 e. The summed E-state index contributed by atoms with van der Waals surface area (Å²) in [5, 5.41) is 0. The van der Waals surface area contributed by atoms with Gasteiger partial charge < -0.3 is 10.5 Å². The van der Waals surface area contributed by atoms with E-state index in [4.69, 9.17) is 5.73 Å². The lowest BCUT2D eigenvalue weighted by atomic mass is 9.84. The van der Waals surface area contributed by atoms with Crippen LogP contribution in [-0.2, 0) is 0 Å². The first-order valence-electron chi connectivity index (χ1n) is 6.83. The number of hydrogen-bond acceptors (Lipinski definition) is 3. The fourth-order valence-electron chi connectivity index (χ4n) is 2.43. The minimum Gasteiger partial charge on any atom is -0.435 e. The second-order valence-electron chi connectivity index (χ2n) is 6.31. The molecule has 0 aromatic heterocycles. The summed E-state index contributed by atoms with van der Waals surface area (Å²) in [7, 11) is 0. The standard InChI is InChI=1S/C15H22F2N2O/c1-15(2,3)19-8-11(9-19)13(18)10-4-6-12(7-5-10)20-14(16)17/h4-7,11,13-14H,8-9,18H2,1-3H3. The average Bonchev–Trinajstić information content (AvgIpc) is 2.24. The number of ether oxygens (including phenoxy) is 1. The molecule has 0 saturated carbocycles. The van der Waals surface area contributed by atoms with Crippen molar-refractivity contribution in [3.05, 3.63) is 29.8 Å². The van der Waals surface area contributed by atoms with E-state index in [-0.39, 0.29) is 17.3 Å². The van der Waals surface area contributed by atoms with Crippen LogP contribution in [0.25, 0.3) is 0 Å². The summed E-state index contributed by atoms with van der Waals surface area (Å²) >= 11 is 0. The van der Waals surface area contributed by atoms with Crippen LogP contribution in [0.3, 0.4) is 0 Å². The SMILES string of the molecule is CC(C)(C)N1CC(C(N)c2ccc(OC(F)F)cc2)C1. The zero-order valence-electron chi connectivity index (χ0n) is 12.1. The van der Waals surface area contributed by atoms with Crippen molar-refractivity contribution in [3.8, 4) is 5.75 Å². The lowest BCUT2D eigenvalue weighted by Gasteiger charge is -2.49. The highest BCUT2D eigenvalue weighted by atomic mass is 19.3. The maximum absolute atomic E-state index is 12.1. The minimum absolute atomic E-state index is 0.0609. The molecule has 1 unspecified atom stereocenters. The van der Waals surface area contributed by atoms with Crippen molar-refractivity contribution in [2.24, 2.45) is 11.7 Å². The molecule has 0 amide bonds. The number of likely N-dealkylation sites (tertiary alicyclic amines) is 1. The van der Waals surface area contributed by atoms with Gasteiger partial charge in [-0.15, -0.1) is 0 Å². The predicted molar refractivity (Wildman–Crippen MR) is 74.8 cm³/mol. The molecular weight excluding hydrogens is 262 g/mol. The molecule has 2 N–H and O–H groups in total. The van der Waals surface area contributed by atoms with Gasteiger partial charge in [-0.2, -0.15) is 8.78 Å². The van der Waals surface area contributed by atoms with E-state index in [2.05, 4.69) is 30.4 Å². The van der Waals surface area contributed by atoms with E-state index in [1.54, 1.807) is 24.3 Å². The van der Waals surface area contributed by atoms with Gasteiger partial charge in [0, 0.05) is 30.6 Å². The minimum atomic E-state index is -2.79. The third-order valence-electron chi connectivity index (χ3n) is 3.86. The van der Waals surface area contributed by atoms with Crippen LogP contribution in [0.4, 0.5) is 8.78 Å². The zero-order chi connectivity index (χ0) is 14.9. The van der Waals surface area contributed by atoms with Crippen LogP contribution in [0.1, 0.15) is 32.4 Å². The number of nitrogens with two attached hydrogens (primary N) is 1. The van der Waals surface area contributed by atoms with Gasteiger partial charge in [0.15, 0.2) is 0 Å². The normalized spacial score (nSPS) is 18.9. The number of halogens is 2. The average molecular weight is 284 g/mol. The van der Waals surface area contributed by atoms with Gasteiger partial charge in [0.1, 0.15) is 5.75 Å². The van der Waals surface area contributed by atoms with Gasteiger partial charge in [-0.1, -0.05) is 12.1 Å². The van der Waals surface area contributed by atoms with Crippen LogP contribution < -0.4 is 10.5 Å². The largest absolute Gasteiger partial charge is 0.435 e. The molecule has 0 aliphatic carbocycles. The molecule has 1 atom stereocenters. The Labute approximate surface area is 118 Å². The molecule has 20 heavy (non-hydrogen) atoms. The third-order valence-corrected chi connectivity index (χ3v) is 3.86. The van der Waals surface area contributed by atoms with E-state index in [9.17, 15) is 8.78 Å². The topological polar surface area (TPSA) is 38.5 Å². The van der Waals surface area contributed by atoms with Crippen LogP contribution >= 0.6 is 0 Å². The first-order valence-corrected chi connectivity index (χ1v) is 6.83. The van der Waals surface area contributed by atoms with E-state index >= 15 is 0 Å². The maximum Gasteiger partial charge on any atom is 0.387 e. The molecule has 0 radical (unpaired) electrons. The van der Waals surface area contributed by atoms with E-state index in [1.165, 1.54) is 0 Å².